The summed E-state index contributed by atoms with van der Waals surface area (Å²) in [5.74, 6) is -1.15. The minimum absolute atomic E-state index is 0.0560. The Labute approximate surface area is 341 Å². The number of ether oxygens (including phenoxy) is 2. The summed E-state index contributed by atoms with van der Waals surface area (Å²) < 4.78 is 33.3. The van der Waals surface area contributed by atoms with Gasteiger partial charge in [-0.25, -0.2) is 4.57 Å². The summed E-state index contributed by atoms with van der Waals surface area (Å²) in [6.07, 6.45) is 25.8. The van der Waals surface area contributed by atoms with Crippen LogP contribution in [0.2, 0.25) is 0 Å². The highest BCUT2D eigenvalue weighted by molar-refractivity contribution is 7.47. The molecule has 1 aliphatic rings. The molecule has 13 nitrogen and oxygen atoms in total. The Balaban J connectivity index is 2.51. The summed E-state index contributed by atoms with van der Waals surface area (Å²) in [6, 6.07) is 0. The number of carbonyl (C=O) groups excluding carboxylic acids is 2. The lowest BCUT2D eigenvalue weighted by atomic mass is 9.85. The molecule has 1 aliphatic carbocycles. The Bertz CT molecular complexity index is 1230. The summed E-state index contributed by atoms with van der Waals surface area (Å²) in [4.78, 5) is 35.5. The van der Waals surface area contributed by atoms with Crippen LogP contribution in [0.3, 0.4) is 0 Å². The molecule has 6 N–H and O–H groups in total. The maximum Gasteiger partial charge on any atom is 0.472 e. The van der Waals surface area contributed by atoms with Gasteiger partial charge in [0, 0.05) is 12.8 Å². The molecular formula is C43H73O13P. The third-order valence-corrected chi connectivity index (χ3v) is 10.4. The second-order valence-electron chi connectivity index (χ2n) is 14.5. The SMILES string of the molecule is CC/C=C/C/C=C/C/C=C/C/C=C/C/C=C/CCCCCC(=O)O[C@H](COC(=O)CCCCCCCCCCC)COP(=O)(O)OC1C(O)C(O)C(O)[C@@H](O)C1O. The van der Waals surface area contributed by atoms with Crippen LogP contribution in [0.25, 0.3) is 0 Å². The van der Waals surface area contributed by atoms with Gasteiger partial charge in [0.25, 0.3) is 0 Å². The van der Waals surface area contributed by atoms with Crippen LogP contribution in [0.4, 0.5) is 0 Å². The van der Waals surface area contributed by atoms with Crippen molar-refractivity contribution in [1.82, 2.24) is 0 Å². The fourth-order valence-corrected chi connectivity index (χ4v) is 6.93. The Hall–Kier alpha value is -2.45. The maximum atomic E-state index is 12.8. The highest BCUT2D eigenvalue weighted by atomic mass is 31.2. The summed E-state index contributed by atoms with van der Waals surface area (Å²) in [5.41, 5.74) is 0. The molecule has 0 aromatic heterocycles. The first-order valence-electron chi connectivity index (χ1n) is 21.1. The Morgan fingerprint density at radius 3 is 1.53 bits per heavy atom. The molecule has 0 heterocycles. The number of carbonyl (C=O) groups is 2. The van der Waals surface area contributed by atoms with E-state index in [-0.39, 0.29) is 12.8 Å². The molecule has 6 unspecified atom stereocenters. The molecule has 0 aromatic rings. The van der Waals surface area contributed by atoms with Gasteiger partial charge in [0.2, 0.25) is 0 Å². The van der Waals surface area contributed by atoms with Crippen molar-refractivity contribution in [2.24, 2.45) is 0 Å². The number of aliphatic hydroxyl groups is 5. The van der Waals surface area contributed by atoms with E-state index in [0.29, 0.717) is 12.8 Å². The summed E-state index contributed by atoms with van der Waals surface area (Å²) in [5, 5.41) is 50.0. The number of hydrogen-bond acceptors (Lipinski definition) is 12. The monoisotopic (exact) mass is 828 g/mol. The summed E-state index contributed by atoms with van der Waals surface area (Å²) >= 11 is 0. The lowest BCUT2D eigenvalue weighted by Gasteiger charge is -2.41. The van der Waals surface area contributed by atoms with Gasteiger partial charge in [-0.05, 0) is 57.8 Å². The molecule has 14 heteroatoms. The van der Waals surface area contributed by atoms with Gasteiger partial charge in [0.1, 0.15) is 43.2 Å². The van der Waals surface area contributed by atoms with E-state index < -0.39 is 75.7 Å². The van der Waals surface area contributed by atoms with Gasteiger partial charge >= 0.3 is 19.8 Å². The molecule has 0 spiro atoms. The van der Waals surface area contributed by atoms with E-state index in [4.69, 9.17) is 18.5 Å². The van der Waals surface area contributed by atoms with E-state index in [0.717, 1.165) is 70.6 Å². The van der Waals surface area contributed by atoms with Gasteiger partial charge in [-0.2, -0.15) is 0 Å². The van der Waals surface area contributed by atoms with Gasteiger partial charge in [-0.15, -0.1) is 0 Å². The smallest absolute Gasteiger partial charge is 0.462 e. The van der Waals surface area contributed by atoms with Crippen molar-refractivity contribution in [3.8, 4) is 0 Å². The normalized spacial score (nSPS) is 23.3. The zero-order valence-corrected chi connectivity index (χ0v) is 35.3. The zero-order valence-electron chi connectivity index (χ0n) is 34.4. The van der Waals surface area contributed by atoms with Crippen molar-refractivity contribution in [3.63, 3.8) is 0 Å². The van der Waals surface area contributed by atoms with Crippen molar-refractivity contribution in [2.45, 2.75) is 185 Å². The topological polar surface area (TPSA) is 210 Å². The molecule has 0 saturated heterocycles. The average molecular weight is 829 g/mol. The van der Waals surface area contributed by atoms with Crippen LogP contribution in [0.5, 0.6) is 0 Å². The lowest BCUT2D eigenvalue weighted by molar-refractivity contribution is -0.220. The molecule has 0 bridgehead atoms. The van der Waals surface area contributed by atoms with E-state index in [1.807, 2.05) is 0 Å². The third-order valence-electron chi connectivity index (χ3n) is 9.37. The predicted octanol–water partition coefficient (Wildman–Crippen LogP) is 7.38. The molecule has 57 heavy (non-hydrogen) atoms. The molecule has 0 aromatic carbocycles. The van der Waals surface area contributed by atoms with E-state index >= 15 is 0 Å². The Morgan fingerprint density at radius 2 is 1.00 bits per heavy atom. The van der Waals surface area contributed by atoms with Gasteiger partial charge in [0.05, 0.1) is 6.61 Å². The number of phosphoric ester groups is 1. The predicted molar refractivity (Wildman–Crippen MR) is 221 cm³/mol. The quantitative estimate of drug-likeness (QED) is 0.0165. The molecule has 0 radical (unpaired) electrons. The second-order valence-corrected chi connectivity index (χ2v) is 15.9. The standard InChI is InChI=1S/C43H73O13P/c1-3-5-7-9-11-13-14-15-16-17-18-19-20-21-22-24-26-28-30-32-37(45)55-35(33-53-36(44)31-29-27-25-23-12-10-8-6-4-2)34-54-57(51,52)56-43-41(49)39(47)38(46)40(48)42(43)50/h5,7,11,13,15-16,18-19,21-22,35,38-43,46-50H,3-4,6,8-10,12,14,17,20,23-34H2,1-2H3,(H,51,52)/b7-5+,13-11+,16-15+,19-18+,22-21+/t35-,38?,39-,40?,41?,42?,43?/m1/s1. The molecule has 1 rings (SSSR count). The Morgan fingerprint density at radius 1 is 0.561 bits per heavy atom. The number of rotatable bonds is 33. The second kappa shape index (κ2) is 33.4. The molecule has 0 aliphatic heterocycles. The number of esters is 2. The first kappa shape index (κ1) is 52.6. The fraction of sp³-hybridized carbons (Fsp3) is 0.721. The highest BCUT2D eigenvalue weighted by Gasteiger charge is 2.51. The molecule has 1 fully saturated rings. The van der Waals surface area contributed by atoms with Crippen LogP contribution in [-0.2, 0) is 32.7 Å². The molecule has 8 atom stereocenters. The number of unbranched alkanes of at least 4 members (excludes halogenated alkanes) is 11. The van der Waals surface area contributed by atoms with E-state index in [1.165, 1.54) is 32.1 Å². The minimum atomic E-state index is -5.12. The van der Waals surface area contributed by atoms with Gasteiger partial charge in [-0.3, -0.25) is 18.6 Å². The number of aliphatic hydroxyl groups excluding tert-OH is 5. The van der Waals surface area contributed by atoms with Crippen molar-refractivity contribution in [3.05, 3.63) is 60.8 Å². The van der Waals surface area contributed by atoms with Gasteiger partial charge in [-0.1, -0.05) is 132 Å². The van der Waals surface area contributed by atoms with Crippen LogP contribution in [0.15, 0.2) is 60.8 Å². The first-order chi connectivity index (χ1) is 27.4. The molecule has 0 amide bonds. The summed E-state index contributed by atoms with van der Waals surface area (Å²) in [6.45, 7) is 3.10. The molecular weight excluding hydrogens is 755 g/mol. The Kier molecular flexibility index (Phi) is 30.8. The maximum absolute atomic E-state index is 12.8. The molecule has 1 saturated carbocycles. The van der Waals surface area contributed by atoms with Crippen molar-refractivity contribution in [1.29, 1.82) is 0 Å². The number of allylic oxidation sites excluding steroid dienone is 10. The minimum Gasteiger partial charge on any atom is -0.462 e. The van der Waals surface area contributed by atoms with Gasteiger partial charge in [0.15, 0.2) is 6.10 Å². The summed E-state index contributed by atoms with van der Waals surface area (Å²) in [7, 11) is -5.12. The van der Waals surface area contributed by atoms with Crippen molar-refractivity contribution < 1.29 is 63.1 Å². The average Bonchev–Trinajstić information content (AvgIpc) is 3.19. The van der Waals surface area contributed by atoms with Gasteiger partial charge < -0.3 is 39.9 Å². The highest BCUT2D eigenvalue weighted by Crippen LogP contribution is 2.47. The first-order valence-corrected chi connectivity index (χ1v) is 22.6. The van der Waals surface area contributed by atoms with E-state index in [1.54, 1.807) is 0 Å². The largest absolute Gasteiger partial charge is 0.472 e. The van der Waals surface area contributed by atoms with Crippen LogP contribution >= 0.6 is 7.82 Å². The van der Waals surface area contributed by atoms with Crippen molar-refractivity contribution >= 4 is 19.8 Å². The van der Waals surface area contributed by atoms with Crippen molar-refractivity contribution in [2.75, 3.05) is 13.2 Å². The van der Waals surface area contributed by atoms with E-state index in [2.05, 4.69) is 74.6 Å². The number of hydrogen-bond donors (Lipinski definition) is 6. The molecule has 328 valence electrons. The number of phosphoric acid groups is 1. The fourth-order valence-electron chi connectivity index (χ4n) is 5.96. The van der Waals surface area contributed by atoms with Crippen LogP contribution in [-0.4, -0.2) is 98.3 Å². The van der Waals surface area contributed by atoms with Crippen LogP contribution < -0.4 is 0 Å². The van der Waals surface area contributed by atoms with E-state index in [9.17, 15) is 44.6 Å². The zero-order chi connectivity index (χ0) is 42.2. The third kappa shape index (κ3) is 26.3. The van der Waals surface area contributed by atoms with Crippen LogP contribution in [0.1, 0.15) is 142 Å². The van der Waals surface area contributed by atoms with Crippen LogP contribution in [0, 0.1) is 0 Å². The lowest BCUT2D eigenvalue weighted by Crippen LogP contribution is -2.64.